The third-order valence-corrected chi connectivity index (χ3v) is 2.97. The summed E-state index contributed by atoms with van der Waals surface area (Å²) in [6.07, 6.45) is 0.703. The third kappa shape index (κ3) is 2.95. The molecule has 1 rings (SSSR count). The van der Waals surface area contributed by atoms with Crippen LogP contribution in [-0.4, -0.2) is 23.0 Å². The second-order valence-corrected chi connectivity index (χ2v) is 4.78. The number of hydrogen-bond donors (Lipinski definition) is 1. The lowest BCUT2D eigenvalue weighted by Crippen LogP contribution is -2.04. The minimum atomic E-state index is -0.947. The van der Waals surface area contributed by atoms with Gasteiger partial charge in [0.2, 0.25) is 0 Å². The quantitative estimate of drug-likeness (QED) is 0.679. The molecule has 0 saturated carbocycles. The number of aliphatic hydroxyl groups excluding tert-OH is 1. The molecule has 0 radical (unpaired) electrons. The molecule has 14 heavy (non-hydrogen) atoms. The Morgan fingerprint density at radius 1 is 1.71 bits per heavy atom. The van der Waals surface area contributed by atoms with E-state index in [-0.39, 0.29) is 0 Å². The fourth-order valence-corrected chi connectivity index (χ4v) is 2.31. The van der Waals surface area contributed by atoms with Crippen LogP contribution in [0.25, 0.3) is 0 Å². The SMILES string of the molecule is CCSc1cc(Br)cnc1C(O)OC. The summed E-state index contributed by atoms with van der Waals surface area (Å²) >= 11 is 4.97. The average Bonchev–Trinajstić information content (AvgIpc) is 2.17. The summed E-state index contributed by atoms with van der Waals surface area (Å²) in [6, 6.07) is 1.93. The number of rotatable bonds is 4. The van der Waals surface area contributed by atoms with Gasteiger partial charge < -0.3 is 9.84 Å². The maximum Gasteiger partial charge on any atom is 0.199 e. The minimum Gasteiger partial charge on any atom is -0.363 e. The van der Waals surface area contributed by atoms with Gasteiger partial charge >= 0.3 is 0 Å². The van der Waals surface area contributed by atoms with Crippen molar-refractivity contribution in [3.05, 3.63) is 22.4 Å². The Balaban J connectivity index is 3.01. The van der Waals surface area contributed by atoms with E-state index in [4.69, 9.17) is 4.74 Å². The number of aliphatic hydroxyl groups is 1. The molecule has 1 N–H and O–H groups in total. The molecule has 0 fully saturated rings. The van der Waals surface area contributed by atoms with Gasteiger partial charge in [0.15, 0.2) is 6.29 Å². The molecule has 0 aliphatic carbocycles. The van der Waals surface area contributed by atoms with Crippen LogP contribution < -0.4 is 0 Å². The second kappa shape index (κ2) is 5.70. The van der Waals surface area contributed by atoms with Crippen LogP contribution in [0.4, 0.5) is 0 Å². The molecule has 0 spiro atoms. The first-order valence-electron chi connectivity index (χ1n) is 4.18. The van der Waals surface area contributed by atoms with Crippen LogP contribution in [0.15, 0.2) is 21.6 Å². The van der Waals surface area contributed by atoms with Crippen LogP contribution in [0.3, 0.4) is 0 Å². The fraction of sp³-hybridized carbons (Fsp3) is 0.444. The zero-order valence-electron chi connectivity index (χ0n) is 8.03. The average molecular weight is 278 g/mol. The molecule has 0 aromatic carbocycles. The number of hydrogen-bond acceptors (Lipinski definition) is 4. The maximum absolute atomic E-state index is 9.51. The van der Waals surface area contributed by atoms with Crippen molar-refractivity contribution in [3.8, 4) is 0 Å². The number of halogens is 1. The van der Waals surface area contributed by atoms with Gasteiger partial charge in [-0.05, 0) is 27.7 Å². The lowest BCUT2D eigenvalue weighted by atomic mass is 10.3. The van der Waals surface area contributed by atoms with Gasteiger partial charge in [0.1, 0.15) is 5.69 Å². The molecule has 0 amide bonds. The zero-order valence-corrected chi connectivity index (χ0v) is 10.4. The van der Waals surface area contributed by atoms with Crippen LogP contribution in [0.2, 0.25) is 0 Å². The molecule has 1 aromatic rings. The van der Waals surface area contributed by atoms with Gasteiger partial charge in [-0.15, -0.1) is 11.8 Å². The van der Waals surface area contributed by atoms with Gasteiger partial charge in [0.05, 0.1) is 0 Å². The molecule has 3 nitrogen and oxygen atoms in total. The van der Waals surface area contributed by atoms with Crippen LogP contribution in [-0.2, 0) is 4.74 Å². The highest BCUT2D eigenvalue weighted by atomic mass is 79.9. The van der Waals surface area contributed by atoms with Gasteiger partial charge in [-0.2, -0.15) is 0 Å². The van der Waals surface area contributed by atoms with Crippen LogP contribution in [0.1, 0.15) is 18.9 Å². The Hall–Kier alpha value is -0.100. The Labute approximate surface area is 96.0 Å². The summed E-state index contributed by atoms with van der Waals surface area (Å²) in [7, 11) is 1.45. The monoisotopic (exact) mass is 277 g/mol. The number of methoxy groups -OCH3 is 1. The Bertz CT molecular complexity index is 309. The Kier molecular flexibility index (Phi) is 4.88. The molecule has 1 aromatic heterocycles. The number of thioether (sulfide) groups is 1. The Morgan fingerprint density at radius 2 is 2.43 bits per heavy atom. The first-order valence-corrected chi connectivity index (χ1v) is 5.96. The van der Waals surface area contributed by atoms with E-state index >= 15 is 0 Å². The molecule has 0 aliphatic rings. The fourth-order valence-electron chi connectivity index (χ4n) is 0.999. The van der Waals surface area contributed by atoms with Crippen molar-refractivity contribution in [1.82, 2.24) is 4.98 Å². The number of nitrogens with zero attached hydrogens (tertiary/aromatic N) is 1. The van der Waals surface area contributed by atoms with Crippen molar-refractivity contribution >= 4 is 27.7 Å². The highest BCUT2D eigenvalue weighted by Crippen LogP contribution is 2.28. The van der Waals surface area contributed by atoms with E-state index < -0.39 is 6.29 Å². The number of pyridine rings is 1. The van der Waals surface area contributed by atoms with Crippen molar-refractivity contribution in [1.29, 1.82) is 0 Å². The van der Waals surface area contributed by atoms with E-state index in [1.807, 2.05) is 6.07 Å². The lowest BCUT2D eigenvalue weighted by Gasteiger charge is -2.12. The van der Waals surface area contributed by atoms with Crippen molar-refractivity contribution < 1.29 is 9.84 Å². The molecule has 1 atom stereocenters. The zero-order chi connectivity index (χ0) is 10.6. The third-order valence-electron chi connectivity index (χ3n) is 1.61. The molecular weight excluding hydrogens is 266 g/mol. The molecular formula is C9H12BrNO2S. The first-order chi connectivity index (χ1) is 6.69. The summed E-state index contributed by atoms with van der Waals surface area (Å²) in [5, 5.41) is 9.51. The summed E-state index contributed by atoms with van der Waals surface area (Å²) in [5.41, 5.74) is 0.572. The largest absolute Gasteiger partial charge is 0.363 e. The van der Waals surface area contributed by atoms with Crippen LogP contribution >= 0.6 is 27.7 Å². The Morgan fingerprint density at radius 3 is 3.00 bits per heavy atom. The van der Waals surface area contributed by atoms with Crippen molar-refractivity contribution in [2.75, 3.05) is 12.9 Å². The predicted octanol–water partition coefficient (Wildman–Crippen LogP) is 2.59. The second-order valence-electron chi connectivity index (χ2n) is 2.56. The number of ether oxygens (including phenoxy) is 1. The van der Waals surface area contributed by atoms with Crippen LogP contribution in [0, 0.1) is 0 Å². The first kappa shape index (κ1) is 12.0. The van der Waals surface area contributed by atoms with Crippen molar-refractivity contribution in [2.24, 2.45) is 0 Å². The molecule has 1 unspecified atom stereocenters. The van der Waals surface area contributed by atoms with Crippen LogP contribution in [0.5, 0.6) is 0 Å². The minimum absolute atomic E-state index is 0.572. The molecule has 0 saturated heterocycles. The normalized spacial score (nSPS) is 12.9. The summed E-state index contributed by atoms with van der Waals surface area (Å²) in [4.78, 5) is 5.07. The van der Waals surface area contributed by atoms with Crippen molar-refractivity contribution in [2.45, 2.75) is 18.1 Å². The molecule has 5 heteroatoms. The van der Waals surface area contributed by atoms with E-state index in [2.05, 4.69) is 27.8 Å². The molecule has 0 aliphatic heterocycles. The number of aromatic nitrogens is 1. The summed E-state index contributed by atoms with van der Waals surface area (Å²) in [6.45, 7) is 2.05. The summed E-state index contributed by atoms with van der Waals surface area (Å²) in [5.74, 6) is 0.932. The van der Waals surface area contributed by atoms with Gasteiger partial charge in [0.25, 0.3) is 0 Å². The lowest BCUT2D eigenvalue weighted by molar-refractivity contribution is -0.0817. The van der Waals surface area contributed by atoms with E-state index in [0.29, 0.717) is 5.69 Å². The van der Waals surface area contributed by atoms with Crippen molar-refractivity contribution in [3.63, 3.8) is 0 Å². The predicted molar refractivity (Wildman–Crippen MR) is 60.3 cm³/mol. The maximum atomic E-state index is 9.51. The van der Waals surface area contributed by atoms with Gasteiger partial charge in [0, 0.05) is 22.7 Å². The topological polar surface area (TPSA) is 42.4 Å². The van der Waals surface area contributed by atoms with Gasteiger partial charge in [-0.25, -0.2) is 0 Å². The van der Waals surface area contributed by atoms with Gasteiger partial charge in [-0.1, -0.05) is 6.92 Å². The van der Waals surface area contributed by atoms with E-state index in [9.17, 15) is 5.11 Å². The van der Waals surface area contributed by atoms with E-state index in [0.717, 1.165) is 15.1 Å². The smallest absolute Gasteiger partial charge is 0.199 e. The molecule has 78 valence electrons. The molecule has 1 heterocycles. The highest BCUT2D eigenvalue weighted by molar-refractivity contribution is 9.10. The van der Waals surface area contributed by atoms with E-state index in [1.165, 1.54) is 7.11 Å². The standard InChI is InChI=1S/C9H12BrNO2S/c1-3-14-7-4-6(10)5-11-8(7)9(12)13-2/h4-5,9,12H,3H2,1-2H3. The molecule has 0 bridgehead atoms. The summed E-state index contributed by atoms with van der Waals surface area (Å²) < 4.78 is 5.73. The van der Waals surface area contributed by atoms with Gasteiger partial charge in [-0.3, -0.25) is 4.98 Å². The van der Waals surface area contributed by atoms with E-state index in [1.54, 1.807) is 18.0 Å². The highest BCUT2D eigenvalue weighted by Gasteiger charge is 2.13.